The van der Waals surface area contributed by atoms with Crippen LogP contribution in [0.25, 0.3) is 0 Å². The summed E-state index contributed by atoms with van der Waals surface area (Å²) >= 11 is 0. The number of urea groups is 1. The van der Waals surface area contributed by atoms with Crippen molar-refractivity contribution in [1.29, 1.82) is 0 Å². The van der Waals surface area contributed by atoms with E-state index >= 15 is 0 Å². The van der Waals surface area contributed by atoms with E-state index in [1.54, 1.807) is 5.32 Å². The van der Waals surface area contributed by atoms with Gasteiger partial charge in [-0.25, -0.2) is 14.1 Å². The number of carbonyl (C=O) groups is 2. The average molecular weight is 347 g/mol. The Kier molecular flexibility index (Phi) is 3.96. The van der Waals surface area contributed by atoms with E-state index in [0.717, 1.165) is 29.2 Å². The van der Waals surface area contributed by atoms with Crippen LogP contribution in [0.15, 0.2) is 24.3 Å². The van der Waals surface area contributed by atoms with Gasteiger partial charge in [-0.3, -0.25) is 9.69 Å². The Labute approximate surface area is 134 Å². The molecule has 10 heteroatoms. The van der Waals surface area contributed by atoms with Crippen LogP contribution in [-0.2, 0) is 9.53 Å². The molecule has 0 aliphatic carbocycles. The van der Waals surface area contributed by atoms with E-state index in [0.29, 0.717) is 4.90 Å². The Balaban J connectivity index is 2.03. The zero-order chi connectivity index (χ0) is 17.5. The predicted molar refractivity (Wildman–Crippen MR) is 73.6 cm³/mol. The number of alkyl halides is 3. The summed E-state index contributed by atoms with van der Waals surface area (Å²) < 4.78 is 59.3. The molecule has 0 bridgehead atoms. The quantitative estimate of drug-likeness (QED) is 0.650. The summed E-state index contributed by atoms with van der Waals surface area (Å²) in [6, 6.07) is 2.84. The fourth-order valence-corrected chi connectivity index (χ4v) is 2.83. The molecule has 2 aliphatic rings. The van der Waals surface area contributed by atoms with Crippen LogP contribution in [0.4, 0.5) is 28.0 Å². The minimum atomic E-state index is -5.04. The summed E-state index contributed by atoms with van der Waals surface area (Å²) in [6.45, 7) is -0.305. The molecule has 1 aromatic carbocycles. The first-order valence-electron chi connectivity index (χ1n) is 7.09. The summed E-state index contributed by atoms with van der Waals surface area (Å²) in [5.41, 5.74) is -3.29. The van der Waals surface area contributed by atoms with Gasteiger partial charge in [-0.15, -0.1) is 0 Å². The van der Waals surface area contributed by atoms with Crippen molar-refractivity contribution in [3.63, 3.8) is 0 Å². The summed E-state index contributed by atoms with van der Waals surface area (Å²) in [5.74, 6) is -2.10. The van der Waals surface area contributed by atoms with Crippen LogP contribution >= 0.6 is 0 Å². The molecule has 24 heavy (non-hydrogen) atoms. The number of rotatable bonds is 2. The van der Waals surface area contributed by atoms with Crippen LogP contribution < -0.4 is 10.2 Å². The third-order valence-corrected chi connectivity index (χ3v) is 3.98. The number of nitrogens with one attached hydrogen (secondary N) is 1. The molecule has 1 aromatic rings. The standard InChI is InChI=1S/C14H13F4N3O3/c15-9-1-3-10(4-2-9)21-11(22)13(14(16,17)18,19-12(21)23)20-5-7-24-8-6-20/h1-4H,5-8H2,(H,19,23)/t13-/m1/s1. The van der Waals surface area contributed by atoms with Crippen molar-refractivity contribution >= 4 is 17.6 Å². The van der Waals surface area contributed by atoms with Crippen LogP contribution in [0.3, 0.4) is 0 Å². The minimum Gasteiger partial charge on any atom is -0.379 e. The van der Waals surface area contributed by atoms with Crippen molar-refractivity contribution in [2.24, 2.45) is 0 Å². The molecule has 1 N–H and O–H groups in total. The van der Waals surface area contributed by atoms with E-state index in [9.17, 15) is 27.2 Å². The lowest BCUT2D eigenvalue weighted by Crippen LogP contribution is -2.71. The molecule has 0 unspecified atom stereocenters. The van der Waals surface area contributed by atoms with Crippen molar-refractivity contribution in [2.45, 2.75) is 11.8 Å². The van der Waals surface area contributed by atoms with E-state index < -0.39 is 29.6 Å². The van der Waals surface area contributed by atoms with E-state index in [1.807, 2.05) is 0 Å². The Morgan fingerprint density at radius 1 is 1.08 bits per heavy atom. The third-order valence-electron chi connectivity index (χ3n) is 3.98. The van der Waals surface area contributed by atoms with Gasteiger partial charge in [0.2, 0.25) is 0 Å². The Bertz CT molecular complexity index is 658. The number of imide groups is 1. The van der Waals surface area contributed by atoms with Crippen molar-refractivity contribution in [3.8, 4) is 0 Å². The normalized spacial score (nSPS) is 25.9. The number of nitrogens with zero attached hydrogens (tertiary/aromatic N) is 2. The minimum absolute atomic E-state index is 0.0114. The van der Waals surface area contributed by atoms with Gasteiger partial charge in [-0.2, -0.15) is 13.2 Å². The predicted octanol–water partition coefficient (Wildman–Crippen LogP) is 1.47. The molecule has 3 amide bonds. The van der Waals surface area contributed by atoms with E-state index in [1.165, 1.54) is 0 Å². The van der Waals surface area contributed by atoms with Crippen molar-refractivity contribution < 1.29 is 31.9 Å². The highest BCUT2D eigenvalue weighted by Crippen LogP contribution is 2.40. The van der Waals surface area contributed by atoms with Gasteiger partial charge in [0.05, 0.1) is 18.9 Å². The number of halogens is 4. The topological polar surface area (TPSA) is 61.9 Å². The number of ether oxygens (including phenoxy) is 1. The molecule has 2 aliphatic heterocycles. The van der Waals surface area contributed by atoms with Gasteiger partial charge in [0.25, 0.3) is 11.6 Å². The van der Waals surface area contributed by atoms with Crippen LogP contribution in [-0.4, -0.2) is 55.0 Å². The molecule has 2 saturated heterocycles. The van der Waals surface area contributed by atoms with Crippen LogP contribution in [0.1, 0.15) is 0 Å². The van der Waals surface area contributed by atoms with Crippen molar-refractivity contribution in [2.75, 3.05) is 31.2 Å². The van der Waals surface area contributed by atoms with E-state index in [4.69, 9.17) is 4.74 Å². The number of morpholine rings is 1. The molecule has 0 radical (unpaired) electrons. The maximum Gasteiger partial charge on any atom is 0.434 e. The molecule has 0 saturated carbocycles. The number of hydrogen-bond acceptors (Lipinski definition) is 4. The largest absolute Gasteiger partial charge is 0.434 e. The lowest BCUT2D eigenvalue weighted by Gasteiger charge is -2.41. The smallest absolute Gasteiger partial charge is 0.379 e. The molecular weight excluding hydrogens is 334 g/mol. The number of anilines is 1. The molecular formula is C14H13F4N3O3. The van der Waals surface area contributed by atoms with Gasteiger partial charge in [-0.05, 0) is 24.3 Å². The number of benzene rings is 1. The second-order valence-corrected chi connectivity index (χ2v) is 5.35. The van der Waals surface area contributed by atoms with Crippen LogP contribution in [0.5, 0.6) is 0 Å². The first-order chi connectivity index (χ1) is 11.3. The highest BCUT2D eigenvalue weighted by Gasteiger charge is 2.71. The van der Waals surface area contributed by atoms with Gasteiger partial charge in [0.1, 0.15) is 5.82 Å². The van der Waals surface area contributed by atoms with Gasteiger partial charge in [0, 0.05) is 13.1 Å². The summed E-state index contributed by atoms with van der Waals surface area (Å²) in [7, 11) is 0. The van der Waals surface area contributed by atoms with E-state index in [-0.39, 0.29) is 32.0 Å². The lowest BCUT2D eigenvalue weighted by molar-refractivity contribution is -0.236. The maximum absolute atomic E-state index is 13.8. The number of amides is 3. The monoisotopic (exact) mass is 347 g/mol. The first-order valence-corrected chi connectivity index (χ1v) is 7.09. The molecule has 0 spiro atoms. The lowest BCUT2D eigenvalue weighted by atomic mass is 10.1. The third kappa shape index (κ3) is 2.42. The molecule has 1 atom stereocenters. The fraction of sp³-hybridized carbons (Fsp3) is 0.429. The SMILES string of the molecule is O=C1N[C@](N2CCOCC2)(C(F)(F)F)C(=O)N1c1ccc(F)cc1. The fourth-order valence-electron chi connectivity index (χ4n) is 2.83. The van der Waals surface area contributed by atoms with Crippen molar-refractivity contribution in [1.82, 2.24) is 10.2 Å². The first kappa shape index (κ1) is 16.7. The Hall–Kier alpha value is -2.20. The molecule has 2 heterocycles. The second kappa shape index (κ2) is 5.71. The Morgan fingerprint density at radius 2 is 1.67 bits per heavy atom. The van der Waals surface area contributed by atoms with Gasteiger partial charge in [-0.1, -0.05) is 0 Å². The maximum atomic E-state index is 13.8. The molecule has 130 valence electrons. The molecule has 6 nitrogen and oxygen atoms in total. The summed E-state index contributed by atoms with van der Waals surface area (Å²) in [5, 5.41) is 1.78. The van der Waals surface area contributed by atoms with Crippen LogP contribution in [0, 0.1) is 5.82 Å². The molecule has 0 aromatic heterocycles. The number of carbonyl (C=O) groups excluding carboxylic acids is 2. The zero-order valence-electron chi connectivity index (χ0n) is 12.3. The van der Waals surface area contributed by atoms with Crippen LogP contribution in [0.2, 0.25) is 0 Å². The van der Waals surface area contributed by atoms with Gasteiger partial charge >= 0.3 is 12.2 Å². The Morgan fingerprint density at radius 3 is 2.21 bits per heavy atom. The second-order valence-electron chi connectivity index (χ2n) is 5.35. The van der Waals surface area contributed by atoms with Gasteiger partial charge in [0.15, 0.2) is 0 Å². The van der Waals surface area contributed by atoms with E-state index in [2.05, 4.69) is 0 Å². The zero-order valence-corrected chi connectivity index (χ0v) is 12.3. The average Bonchev–Trinajstić information content (AvgIpc) is 2.81. The highest BCUT2D eigenvalue weighted by molar-refractivity contribution is 6.23. The van der Waals surface area contributed by atoms with Gasteiger partial charge < -0.3 is 10.1 Å². The number of hydrogen-bond donors (Lipinski definition) is 1. The summed E-state index contributed by atoms with van der Waals surface area (Å²) in [6.07, 6.45) is -5.04. The summed E-state index contributed by atoms with van der Waals surface area (Å²) in [4.78, 5) is 26.0. The molecule has 2 fully saturated rings. The molecule has 3 rings (SSSR count). The van der Waals surface area contributed by atoms with Crippen molar-refractivity contribution in [3.05, 3.63) is 30.1 Å². The highest BCUT2D eigenvalue weighted by atomic mass is 19.4.